The topological polar surface area (TPSA) is 68.5 Å². The Balaban J connectivity index is 1.94. The van der Waals surface area contributed by atoms with Crippen molar-refractivity contribution in [2.24, 2.45) is 0 Å². The van der Waals surface area contributed by atoms with Crippen molar-refractivity contribution in [1.82, 2.24) is 0 Å². The zero-order valence-corrected chi connectivity index (χ0v) is 14.6. The van der Waals surface area contributed by atoms with Crippen LogP contribution in [0.4, 0.5) is 5.69 Å². The average molecular weight is 378 g/mol. The number of carbonyl (C=O) groups is 1. The molecule has 128 valence electrons. The highest BCUT2D eigenvalue weighted by Crippen LogP contribution is 2.26. The third kappa shape index (κ3) is 3.78. The molecule has 0 atom stereocenters. The van der Waals surface area contributed by atoms with E-state index in [0.29, 0.717) is 34.0 Å². The largest absolute Gasteiger partial charge is 0.494 e. The minimum absolute atomic E-state index is 0.123. The standard InChI is InChI=1S/C18H13Cl2NO4/c1-2-24-12-5-3-10-7-13(18(23)25-16(10)9-12)17(22)21-15-6-4-11(19)8-14(15)20/h3-9H,2H2,1H3,(H,21,22). The number of ether oxygens (including phenoxy) is 1. The number of hydrogen-bond acceptors (Lipinski definition) is 4. The van der Waals surface area contributed by atoms with Crippen molar-refractivity contribution in [2.75, 3.05) is 11.9 Å². The summed E-state index contributed by atoms with van der Waals surface area (Å²) < 4.78 is 10.6. The minimum atomic E-state index is -0.747. The summed E-state index contributed by atoms with van der Waals surface area (Å²) in [6.07, 6.45) is 0. The first kappa shape index (κ1) is 17.3. The number of halogens is 2. The summed E-state index contributed by atoms with van der Waals surface area (Å²) in [7, 11) is 0. The summed E-state index contributed by atoms with van der Waals surface area (Å²) in [4.78, 5) is 24.5. The molecule has 0 radical (unpaired) electrons. The molecule has 3 rings (SSSR count). The van der Waals surface area contributed by atoms with E-state index in [1.807, 2.05) is 6.92 Å². The van der Waals surface area contributed by atoms with Gasteiger partial charge in [-0.25, -0.2) is 4.79 Å². The maximum Gasteiger partial charge on any atom is 0.349 e. The van der Waals surface area contributed by atoms with E-state index in [4.69, 9.17) is 32.4 Å². The number of hydrogen-bond donors (Lipinski definition) is 1. The second kappa shape index (κ2) is 7.17. The normalized spacial score (nSPS) is 10.7. The second-order valence-electron chi connectivity index (χ2n) is 5.16. The lowest BCUT2D eigenvalue weighted by Gasteiger charge is -2.08. The van der Waals surface area contributed by atoms with Crippen LogP contribution < -0.4 is 15.7 Å². The number of fused-ring (bicyclic) bond motifs is 1. The van der Waals surface area contributed by atoms with E-state index in [1.54, 1.807) is 30.3 Å². The first-order valence-corrected chi connectivity index (χ1v) is 8.20. The van der Waals surface area contributed by atoms with Crippen LogP contribution in [0.2, 0.25) is 10.0 Å². The van der Waals surface area contributed by atoms with Gasteiger partial charge < -0.3 is 14.5 Å². The number of benzene rings is 2. The molecule has 1 aromatic heterocycles. The maximum absolute atomic E-state index is 12.4. The van der Waals surface area contributed by atoms with Gasteiger partial charge in [-0.3, -0.25) is 4.79 Å². The lowest BCUT2D eigenvalue weighted by atomic mass is 10.1. The minimum Gasteiger partial charge on any atom is -0.494 e. The van der Waals surface area contributed by atoms with Gasteiger partial charge in [0.25, 0.3) is 5.91 Å². The second-order valence-corrected chi connectivity index (χ2v) is 6.00. The summed E-state index contributed by atoms with van der Waals surface area (Å²) in [5, 5.41) is 3.90. The SMILES string of the molecule is CCOc1ccc2cc(C(=O)Nc3ccc(Cl)cc3Cl)c(=O)oc2c1. The average Bonchev–Trinajstić information content (AvgIpc) is 2.57. The van der Waals surface area contributed by atoms with Crippen molar-refractivity contribution in [2.45, 2.75) is 6.92 Å². The Kier molecular flexibility index (Phi) is 4.97. The molecule has 1 heterocycles. The first-order chi connectivity index (χ1) is 12.0. The number of nitrogens with one attached hydrogen (secondary N) is 1. The van der Waals surface area contributed by atoms with Gasteiger partial charge in [-0.05, 0) is 43.3 Å². The van der Waals surface area contributed by atoms with E-state index in [-0.39, 0.29) is 10.6 Å². The van der Waals surface area contributed by atoms with E-state index >= 15 is 0 Å². The summed E-state index contributed by atoms with van der Waals surface area (Å²) in [5.41, 5.74) is -0.175. The van der Waals surface area contributed by atoms with Gasteiger partial charge in [-0.2, -0.15) is 0 Å². The molecule has 2 aromatic carbocycles. The predicted molar refractivity (Wildman–Crippen MR) is 98.1 cm³/mol. The van der Waals surface area contributed by atoms with Crippen LogP contribution in [0.5, 0.6) is 5.75 Å². The number of rotatable bonds is 4. The lowest BCUT2D eigenvalue weighted by Crippen LogP contribution is -2.20. The highest BCUT2D eigenvalue weighted by atomic mass is 35.5. The third-order valence-electron chi connectivity index (χ3n) is 3.44. The quantitative estimate of drug-likeness (QED) is 0.666. The van der Waals surface area contributed by atoms with Gasteiger partial charge in [0.1, 0.15) is 16.9 Å². The van der Waals surface area contributed by atoms with Gasteiger partial charge in [0.2, 0.25) is 0 Å². The van der Waals surface area contributed by atoms with Crippen molar-refractivity contribution < 1.29 is 13.9 Å². The predicted octanol–water partition coefficient (Wildman–Crippen LogP) is 4.75. The fourth-order valence-electron chi connectivity index (χ4n) is 2.29. The molecular formula is C18H13Cl2NO4. The van der Waals surface area contributed by atoms with Crippen molar-refractivity contribution in [1.29, 1.82) is 0 Å². The molecule has 0 unspecified atom stereocenters. The van der Waals surface area contributed by atoms with Gasteiger partial charge in [0.05, 0.1) is 17.3 Å². The molecule has 0 spiro atoms. The Morgan fingerprint density at radius 2 is 1.96 bits per heavy atom. The van der Waals surface area contributed by atoms with Crippen molar-refractivity contribution in [3.05, 3.63) is 68.5 Å². The number of amides is 1. The van der Waals surface area contributed by atoms with Crippen LogP contribution in [0.1, 0.15) is 17.3 Å². The van der Waals surface area contributed by atoms with E-state index in [9.17, 15) is 9.59 Å². The van der Waals surface area contributed by atoms with E-state index in [0.717, 1.165) is 0 Å². The van der Waals surface area contributed by atoms with Crippen LogP contribution >= 0.6 is 23.2 Å². The maximum atomic E-state index is 12.4. The Morgan fingerprint density at radius 1 is 1.16 bits per heavy atom. The highest BCUT2D eigenvalue weighted by Gasteiger charge is 2.15. The molecule has 1 amide bonds. The Labute approximate surface area is 153 Å². The van der Waals surface area contributed by atoms with Gasteiger partial charge in [-0.1, -0.05) is 23.2 Å². The molecule has 0 saturated heterocycles. The Morgan fingerprint density at radius 3 is 2.68 bits per heavy atom. The van der Waals surface area contributed by atoms with Crippen molar-refractivity contribution in [3.8, 4) is 5.75 Å². The summed E-state index contributed by atoms with van der Waals surface area (Å²) in [6, 6.07) is 11.2. The monoisotopic (exact) mass is 377 g/mol. The van der Waals surface area contributed by atoms with Crippen LogP contribution in [0, 0.1) is 0 Å². The van der Waals surface area contributed by atoms with Crippen molar-refractivity contribution in [3.63, 3.8) is 0 Å². The zero-order valence-electron chi connectivity index (χ0n) is 13.1. The van der Waals surface area contributed by atoms with Gasteiger partial charge in [0, 0.05) is 16.5 Å². The number of anilines is 1. The smallest absolute Gasteiger partial charge is 0.349 e. The molecule has 0 aliphatic heterocycles. The Bertz CT molecular complexity index is 1010. The van der Waals surface area contributed by atoms with E-state index < -0.39 is 11.5 Å². The van der Waals surface area contributed by atoms with Crippen LogP contribution in [0.15, 0.2) is 51.7 Å². The van der Waals surface area contributed by atoms with Gasteiger partial charge in [0.15, 0.2) is 0 Å². The van der Waals surface area contributed by atoms with Crippen molar-refractivity contribution >= 4 is 45.8 Å². The number of carbonyl (C=O) groups excluding carboxylic acids is 1. The fraction of sp³-hybridized carbons (Fsp3) is 0.111. The molecule has 3 aromatic rings. The highest BCUT2D eigenvalue weighted by molar-refractivity contribution is 6.36. The molecule has 25 heavy (non-hydrogen) atoms. The summed E-state index contributed by atoms with van der Waals surface area (Å²) in [5.74, 6) is -0.0305. The molecule has 0 fully saturated rings. The van der Waals surface area contributed by atoms with Crippen LogP contribution in [0.3, 0.4) is 0 Å². The molecule has 0 aliphatic carbocycles. The van der Waals surface area contributed by atoms with E-state index in [1.165, 1.54) is 12.1 Å². The summed E-state index contributed by atoms with van der Waals surface area (Å²) >= 11 is 11.9. The zero-order chi connectivity index (χ0) is 18.0. The molecule has 7 heteroatoms. The van der Waals surface area contributed by atoms with Crippen LogP contribution in [-0.2, 0) is 0 Å². The van der Waals surface area contributed by atoms with Crippen LogP contribution in [0.25, 0.3) is 11.0 Å². The molecule has 1 N–H and O–H groups in total. The molecule has 0 saturated carbocycles. The molecule has 0 aliphatic rings. The fourth-order valence-corrected chi connectivity index (χ4v) is 2.74. The van der Waals surface area contributed by atoms with Crippen LogP contribution in [-0.4, -0.2) is 12.5 Å². The Hall–Kier alpha value is -2.50. The summed E-state index contributed by atoms with van der Waals surface area (Å²) in [6.45, 7) is 2.35. The lowest BCUT2D eigenvalue weighted by molar-refractivity contribution is 0.102. The third-order valence-corrected chi connectivity index (χ3v) is 3.99. The van der Waals surface area contributed by atoms with E-state index in [2.05, 4.69) is 5.32 Å². The van der Waals surface area contributed by atoms with Gasteiger partial charge in [-0.15, -0.1) is 0 Å². The molecular weight excluding hydrogens is 365 g/mol. The first-order valence-electron chi connectivity index (χ1n) is 7.45. The molecule has 0 bridgehead atoms. The van der Waals surface area contributed by atoms with Gasteiger partial charge >= 0.3 is 5.63 Å². The molecule has 5 nitrogen and oxygen atoms in total.